The zero-order valence-electron chi connectivity index (χ0n) is 12.2. The summed E-state index contributed by atoms with van der Waals surface area (Å²) in [5, 5.41) is 8.74. The van der Waals surface area contributed by atoms with E-state index in [0.29, 0.717) is 0 Å². The van der Waals surface area contributed by atoms with Gasteiger partial charge >= 0.3 is 16.1 Å². The molecule has 2 aromatic carbocycles. The van der Waals surface area contributed by atoms with E-state index in [-0.39, 0.29) is 26.8 Å². The molecule has 1 aliphatic heterocycles. The average molecular weight is 382 g/mol. The van der Waals surface area contributed by atoms with Crippen molar-refractivity contribution in [1.82, 2.24) is 5.06 Å². The van der Waals surface area contributed by atoms with E-state index in [0.717, 1.165) is 18.2 Å². The molecule has 1 heterocycles. The molecule has 2 aromatic rings. The van der Waals surface area contributed by atoms with E-state index in [9.17, 15) is 22.8 Å². The van der Waals surface area contributed by atoms with Gasteiger partial charge in [0, 0.05) is 0 Å². The Kier molecular flexibility index (Phi) is 4.07. The maximum atomic E-state index is 12.4. The van der Waals surface area contributed by atoms with E-state index in [4.69, 9.17) is 16.7 Å². The lowest BCUT2D eigenvalue weighted by Crippen LogP contribution is -2.32. The molecule has 0 atom stereocenters. The summed E-state index contributed by atoms with van der Waals surface area (Å²) in [4.78, 5) is 34.6. The topological polar surface area (TPSA) is 118 Å². The number of hydrogen-bond donors (Lipinski definition) is 1. The van der Waals surface area contributed by atoms with Crippen molar-refractivity contribution in [2.24, 2.45) is 0 Å². The number of carboxylic acid groups (broad SMARTS) is 1. The number of fused-ring (bicyclic) bond motifs is 1. The van der Waals surface area contributed by atoms with Crippen molar-refractivity contribution in [2.75, 3.05) is 0 Å². The second-order valence-corrected chi connectivity index (χ2v) is 6.83. The molecular formula is C15H8ClNO7S. The fourth-order valence-electron chi connectivity index (χ4n) is 2.20. The van der Waals surface area contributed by atoms with Gasteiger partial charge < -0.3 is 5.11 Å². The van der Waals surface area contributed by atoms with Crippen LogP contribution in [0.25, 0.3) is 0 Å². The fraction of sp³-hybridized carbons (Fsp3) is 0. The first-order valence-electron chi connectivity index (χ1n) is 6.67. The molecule has 0 radical (unpaired) electrons. The summed E-state index contributed by atoms with van der Waals surface area (Å²) >= 11 is 5.79. The largest absolute Gasteiger partial charge is 0.478 e. The van der Waals surface area contributed by atoms with Gasteiger partial charge in [-0.1, -0.05) is 23.7 Å². The number of benzene rings is 2. The lowest BCUT2D eigenvalue weighted by Gasteiger charge is -2.14. The Labute approximate surface area is 146 Å². The van der Waals surface area contributed by atoms with Crippen LogP contribution in [0.3, 0.4) is 0 Å². The van der Waals surface area contributed by atoms with Crippen molar-refractivity contribution in [3.05, 3.63) is 64.2 Å². The van der Waals surface area contributed by atoms with Gasteiger partial charge in [-0.15, -0.1) is 9.35 Å². The first-order valence-corrected chi connectivity index (χ1v) is 8.46. The van der Waals surface area contributed by atoms with Crippen molar-refractivity contribution < 1.29 is 32.2 Å². The van der Waals surface area contributed by atoms with Gasteiger partial charge in [0.05, 0.1) is 21.7 Å². The van der Waals surface area contributed by atoms with E-state index < -0.39 is 32.8 Å². The predicted octanol–water partition coefficient (Wildman–Crippen LogP) is 1.95. The highest BCUT2D eigenvalue weighted by Crippen LogP contribution is 2.29. The molecular weight excluding hydrogens is 374 g/mol. The maximum Gasteiger partial charge on any atom is 0.335 e. The molecule has 25 heavy (non-hydrogen) atoms. The summed E-state index contributed by atoms with van der Waals surface area (Å²) < 4.78 is 29.4. The van der Waals surface area contributed by atoms with Crippen molar-refractivity contribution in [1.29, 1.82) is 0 Å². The van der Waals surface area contributed by atoms with Crippen LogP contribution >= 0.6 is 11.6 Å². The van der Waals surface area contributed by atoms with Gasteiger partial charge in [0.15, 0.2) is 0 Å². The standard InChI is InChI=1S/C15H8ClNO7S/c16-11-6-5-8(15(20)21)7-12(11)25(22,23)24-17-13(18)9-3-1-2-4-10(9)14(17)19/h1-7H,(H,20,21). The van der Waals surface area contributed by atoms with Gasteiger partial charge in [-0.05, 0) is 30.3 Å². The normalized spacial score (nSPS) is 13.9. The van der Waals surface area contributed by atoms with E-state index in [1.54, 1.807) is 0 Å². The van der Waals surface area contributed by atoms with Crippen LogP contribution in [0.5, 0.6) is 0 Å². The van der Waals surface area contributed by atoms with E-state index in [2.05, 4.69) is 4.28 Å². The highest BCUT2D eigenvalue weighted by Gasteiger charge is 2.40. The minimum atomic E-state index is -4.72. The number of rotatable bonds is 4. The lowest BCUT2D eigenvalue weighted by molar-refractivity contribution is -0.0104. The molecule has 3 rings (SSSR count). The van der Waals surface area contributed by atoms with Gasteiger partial charge in [0.25, 0.3) is 11.8 Å². The molecule has 0 saturated carbocycles. The Hall–Kier alpha value is -2.75. The number of carbonyl (C=O) groups is 3. The summed E-state index contributed by atoms with van der Waals surface area (Å²) in [7, 11) is -4.72. The maximum absolute atomic E-state index is 12.4. The second kappa shape index (κ2) is 5.96. The molecule has 0 aromatic heterocycles. The minimum Gasteiger partial charge on any atom is -0.478 e. The molecule has 1 aliphatic rings. The van der Waals surface area contributed by atoms with Crippen molar-refractivity contribution in [2.45, 2.75) is 4.90 Å². The van der Waals surface area contributed by atoms with Crippen molar-refractivity contribution >= 4 is 39.5 Å². The third-order valence-corrected chi connectivity index (χ3v) is 5.04. The van der Waals surface area contributed by atoms with Crippen LogP contribution in [0.15, 0.2) is 47.4 Å². The number of nitrogens with zero attached hydrogens (tertiary/aromatic N) is 1. The summed E-state index contributed by atoms with van der Waals surface area (Å²) in [6.07, 6.45) is 0. The number of halogens is 1. The second-order valence-electron chi connectivity index (χ2n) is 4.93. The number of hydroxylamine groups is 2. The SMILES string of the molecule is O=C(O)c1ccc(Cl)c(S(=O)(=O)ON2C(=O)c3ccccc3C2=O)c1. The number of carboxylic acids is 1. The van der Waals surface area contributed by atoms with Crippen LogP contribution in [0.1, 0.15) is 31.1 Å². The molecule has 0 saturated heterocycles. The summed E-state index contributed by atoms with van der Waals surface area (Å²) in [5.74, 6) is -3.28. The van der Waals surface area contributed by atoms with E-state index in [1.807, 2.05) is 0 Å². The van der Waals surface area contributed by atoms with Crippen molar-refractivity contribution in [3.8, 4) is 0 Å². The van der Waals surface area contributed by atoms with E-state index >= 15 is 0 Å². The molecule has 128 valence electrons. The van der Waals surface area contributed by atoms with Crippen LogP contribution in [-0.4, -0.2) is 36.4 Å². The Morgan fingerprint density at radius 3 is 2.12 bits per heavy atom. The Bertz CT molecular complexity index is 997. The number of carbonyl (C=O) groups excluding carboxylic acids is 2. The third kappa shape index (κ3) is 2.88. The van der Waals surface area contributed by atoms with Gasteiger partial charge in [-0.2, -0.15) is 8.42 Å². The van der Waals surface area contributed by atoms with Crippen LogP contribution in [0.2, 0.25) is 5.02 Å². The van der Waals surface area contributed by atoms with E-state index in [1.165, 1.54) is 24.3 Å². The fourth-order valence-corrected chi connectivity index (χ4v) is 3.59. The summed E-state index contributed by atoms with van der Waals surface area (Å²) in [6.45, 7) is 0. The zero-order chi connectivity index (χ0) is 18.4. The monoisotopic (exact) mass is 381 g/mol. The van der Waals surface area contributed by atoms with Crippen LogP contribution in [-0.2, 0) is 14.4 Å². The quantitative estimate of drug-likeness (QED) is 0.804. The zero-order valence-corrected chi connectivity index (χ0v) is 13.7. The number of aromatic carboxylic acids is 1. The molecule has 1 N–H and O–H groups in total. The minimum absolute atomic E-state index is 0.00640. The molecule has 2 amide bonds. The van der Waals surface area contributed by atoms with Gasteiger partial charge in [0.2, 0.25) is 0 Å². The first kappa shape index (κ1) is 17.1. The van der Waals surface area contributed by atoms with Gasteiger partial charge in [-0.3, -0.25) is 9.59 Å². The Morgan fingerprint density at radius 2 is 1.60 bits per heavy atom. The lowest BCUT2D eigenvalue weighted by atomic mass is 10.1. The molecule has 0 fully saturated rings. The van der Waals surface area contributed by atoms with Crippen LogP contribution < -0.4 is 0 Å². The molecule has 0 unspecified atom stereocenters. The Morgan fingerprint density at radius 1 is 1.04 bits per heavy atom. The highest BCUT2D eigenvalue weighted by atomic mass is 35.5. The average Bonchev–Trinajstić information content (AvgIpc) is 2.80. The Balaban J connectivity index is 1.99. The molecule has 0 aliphatic carbocycles. The van der Waals surface area contributed by atoms with Crippen LogP contribution in [0.4, 0.5) is 0 Å². The predicted molar refractivity (Wildman–Crippen MR) is 83.6 cm³/mol. The van der Waals surface area contributed by atoms with Gasteiger partial charge in [-0.25, -0.2) is 4.79 Å². The number of amides is 2. The highest BCUT2D eigenvalue weighted by molar-refractivity contribution is 7.86. The molecule has 10 heteroatoms. The first-order chi connectivity index (χ1) is 11.7. The summed E-state index contributed by atoms with van der Waals surface area (Å²) in [5.41, 5.74) is -0.366. The summed E-state index contributed by atoms with van der Waals surface area (Å²) in [6, 6.07) is 8.66. The number of hydrogen-bond acceptors (Lipinski definition) is 6. The van der Waals surface area contributed by atoms with Crippen LogP contribution in [0, 0.1) is 0 Å². The van der Waals surface area contributed by atoms with Crippen molar-refractivity contribution in [3.63, 3.8) is 0 Å². The number of imide groups is 1. The molecule has 8 nitrogen and oxygen atoms in total. The molecule has 0 spiro atoms. The third-order valence-electron chi connectivity index (χ3n) is 3.38. The smallest absolute Gasteiger partial charge is 0.335 e. The van der Waals surface area contributed by atoms with Gasteiger partial charge in [0.1, 0.15) is 4.90 Å². The molecule has 0 bridgehead atoms.